The molecule has 0 radical (unpaired) electrons. The monoisotopic (exact) mass is 287 g/mol. The Hall–Kier alpha value is -1.31. The van der Waals surface area contributed by atoms with E-state index >= 15 is 0 Å². The normalized spacial score (nSPS) is 12.4. The van der Waals surface area contributed by atoms with Gasteiger partial charge in [0.25, 0.3) is 0 Å². The molecule has 20 heavy (non-hydrogen) atoms. The van der Waals surface area contributed by atoms with Crippen LogP contribution in [-0.4, -0.2) is 0 Å². The molecule has 106 valence electrons. The van der Waals surface area contributed by atoms with Crippen molar-refractivity contribution in [2.24, 2.45) is 5.73 Å². The number of hydrogen-bond acceptors (Lipinski definition) is 1. The van der Waals surface area contributed by atoms with Gasteiger partial charge in [0.15, 0.2) is 0 Å². The SMILES string of the molecule is CCc1ccc(CC)c(C(N)c2cc(Cl)ccc2C)c1. The van der Waals surface area contributed by atoms with Crippen LogP contribution in [0.5, 0.6) is 0 Å². The standard InChI is InChI=1S/C18H22ClN/c1-4-13-7-8-14(5-2)17(10-13)18(20)16-11-15(19)9-6-12(16)3/h6-11,18H,4-5,20H2,1-3H3. The molecular formula is C18H22ClN. The van der Waals surface area contributed by atoms with Gasteiger partial charge in [-0.2, -0.15) is 0 Å². The van der Waals surface area contributed by atoms with Gasteiger partial charge < -0.3 is 5.73 Å². The highest BCUT2D eigenvalue weighted by Gasteiger charge is 2.15. The van der Waals surface area contributed by atoms with Crippen LogP contribution in [0, 0.1) is 6.92 Å². The molecule has 2 aromatic carbocycles. The second kappa shape index (κ2) is 6.43. The molecule has 0 aliphatic heterocycles. The molecule has 0 amide bonds. The van der Waals surface area contributed by atoms with E-state index in [4.69, 9.17) is 17.3 Å². The Morgan fingerprint density at radius 3 is 2.40 bits per heavy atom. The van der Waals surface area contributed by atoms with E-state index in [1.807, 2.05) is 18.2 Å². The Balaban J connectivity index is 2.51. The van der Waals surface area contributed by atoms with E-state index in [2.05, 4.69) is 39.0 Å². The van der Waals surface area contributed by atoms with E-state index in [0.717, 1.165) is 23.4 Å². The van der Waals surface area contributed by atoms with Gasteiger partial charge >= 0.3 is 0 Å². The van der Waals surface area contributed by atoms with Gasteiger partial charge in [0.1, 0.15) is 0 Å². The van der Waals surface area contributed by atoms with E-state index in [0.29, 0.717) is 0 Å². The summed E-state index contributed by atoms with van der Waals surface area (Å²) in [5.41, 5.74) is 12.7. The summed E-state index contributed by atoms with van der Waals surface area (Å²) < 4.78 is 0. The number of nitrogens with two attached hydrogens (primary N) is 1. The number of halogens is 1. The first-order valence-corrected chi connectivity index (χ1v) is 7.58. The van der Waals surface area contributed by atoms with Crippen molar-refractivity contribution in [3.63, 3.8) is 0 Å². The Morgan fingerprint density at radius 2 is 1.75 bits per heavy atom. The zero-order chi connectivity index (χ0) is 14.7. The average molecular weight is 288 g/mol. The molecule has 2 rings (SSSR count). The van der Waals surface area contributed by atoms with Gasteiger partial charge in [-0.25, -0.2) is 0 Å². The quantitative estimate of drug-likeness (QED) is 0.857. The smallest absolute Gasteiger partial charge is 0.0557 e. The Labute approximate surface area is 126 Å². The number of benzene rings is 2. The first kappa shape index (κ1) is 15.1. The maximum atomic E-state index is 6.53. The maximum absolute atomic E-state index is 6.53. The van der Waals surface area contributed by atoms with E-state index in [1.165, 1.54) is 22.3 Å². The molecule has 2 N–H and O–H groups in total. The Bertz CT molecular complexity index is 604. The van der Waals surface area contributed by atoms with Crippen molar-refractivity contribution in [3.05, 3.63) is 69.2 Å². The summed E-state index contributed by atoms with van der Waals surface area (Å²) in [5, 5.41) is 0.741. The molecule has 0 aromatic heterocycles. The fourth-order valence-corrected chi connectivity index (χ4v) is 2.77. The van der Waals surface area contributed by atoms with Crippen molar-refractivity contribution in [2.75, 3.05) is 0 Å². The van der Waals surface area contributed by atoms with Gasteiger partial charge in [-0.1, -0.05) is 49.7 Å². The molecule has 0 saturated heterocycles. The predicted molar refractivity (Wildman–Crippen MR) is 87.4 cm³/mol. The Morgan fingerprint density at radius 1 is 1.00 bits per heavy atom. The van der Waals surface area contributed by atoms with Crippen LogP contribution < -0.4 is 5.73 Å². The lowest BCUT2D eigenvalue weighted by atomic mass is 9.90. The second-order valence-electron chi connectivity index (χ2n) is 5.22. The van der Waals surface area contributed by atoms with Crippen LogP contribution in [0.4, 0.5) is 0 Å². The van der Waals surface area contributed by atoms with E-state index in [9.17, 15) is 0 Å². The molecule has 1 atom stereocenters. The topological polar surface area (TPSA) is 26.0 Å². The van der Waals surface area contributed by atoms with Crippen LogP contribution in [0.3, 0.4) is 0 Å². The summed E-state index contributed by atoms with van der Waals surface area (Å²) >= 11 is 6.13. The zero-order valence-electron chi connectivity index (χ0n) is 12.4. The van der Waals surface area contributed by atoms with Crippen molar-refractivity contribution in [1.82, 2.24) is 0 Å². The summed E-state index contributed by atoms with van der Waals surface area (Å²) in [6.45, 7) is 6.42. The first-order valence-electron chi connectivity index (χ1n) is 7.20. The number of rotatable bonds is 4. The second-order valence-corrected chi connectivity index (χ2v) is 5.66. The molecule has 0 bridgehead atoms. The van der Waals surface area contributed by atoms with Crippen molar-refractivity contribution in [1.29, 1.82) is 0 Å². The van der Waals surface area contributed by atoms with Crippen LogP contribution in [0.25, 0.3) is 0 Å². The first-order chi connectivity index (χ1) is 9.56. The molecule has 0 aliphatic carbocycles. The highest BCUT2D eigenvalue weighted by Crippen LogP contribution is 2.28. The molecule has 0 saturated carbocycles. The molecule has 1 nitrogen and oxygen atoms in total. The lowest BCUT2D eigenvalue weighted by Gasteiger charge is -2.19. The molecule has 0 aliphatic rings. The van der Waals surface area contributed by atoms with Gasteiger partial charge in [-0.15, -0.1) is 0 Å². The lowest BCUT2D eigenvalue weighted by Crippen LogP contribution is -2.15. The molecule has 0 heterocycles. The third-order valence-corrected chi connectivity index (χ3v) is 4.15. The summed E-state index contributed by atoms with van der Waals surface area (Å²) in [7, 11) is 0. The summed E-state index contributed by atoms with van der Waals surface area (Å²) in [4.78, 5) is 0. The molecule has 0 fully saturated rings. The third-order valence-electron chi connectivity index (χ3n) is 3.91. The van der Waals surface area contributed by atoms with Gasteiger partial charge in [0.2, 0.25) is 0 Å². The summed E-state index contributed by atoms with van der Waals surface area (Å²) in [6, 6.07) is 12.5. The van der Waals surface area contributed by atoms with Gasteiger partial charge in [0.05, 0.1) is 6.04 Å². The highest BCUT2D eigenvalue weighted by molar-refractivity contribution is 6.30. The van der Waals surface area contributed by atoms with Crippen molar-refractivity contribution < 1.29 is 0 Å². The van der Waals surface area contributed by atoms with Gasteiger partial charge in [0, 0.05) is 5.02 Å². The van der Waals surface area contributed by atoms with Gasteiger partial charge in [-0.05, 0) is 59.7 Å². The zero-order valence-corrected chi connectivity index (χ0v) is 13.2. The van der Waals surface area contributed by atoms with Crippen LogP contribution in [-0.2, 0) is 12.8 Å². The molecular weight excluding hydrogens is 266 g/mol. The average Bonchev–Trinajstić information content (AvgIpc) is 2.48. The highest BCUT2D eigenvalue weighted by atomic mass is 35.5. The number of hydrogen-bond donors (Lipinski definition) is 1. The minimum absolute atomic E-state index is 0.116. The van der Waals surface area contributed by atoms with Crippen molar-refractivity contribution in [3.8, 4) is 0 Å². The lowest BCUT2D eigenvalue weighted by molar-refractivity contribution is 0.837. The molecule has 2 aromatic rings. The molecule has 0 spiro atoms. The largest absolute Gasteiger partial charge is 0.320 e. The maximum Gasteiger partial charge on any atom is 0.0557 e. The summed E-state index contributed by atoms with van der Waals surface area (Å²) in [5.74, 6) is 0. The van der Waals surface area contributed by atoms with E-state index in [-0.39, 0.29) is 6.04 Å². The van der Waals surface area contributed by atoms with E-state index in [1.54, 1.807) is 0 Å². The Kier molecular flexibility index (Phi) is 4.85. The minimum atomic E-state index is -0.116. The predicted octanol–water partition coefficient (Wildman–Crippen LogP) is 4.82. The fraction of sp³-hybridized carbons (Fsp3) is 0.333. The van der Waals surface area contributed by atoms with Crippen LogP contribution in [0.1, 0.15) is 47.7 Å². The van der Waals surface area contributed by atoms with Crippen molar-refractivity contribution >= 4 is 11.6 Å². The molecule has 2 heteroatoms. The van der Waals surface area contributed by atoms with Crippen LogP contribution in [0.15, 0.2) is 36.4 Å². The van der Waals surface area contributed by atoms with Gasteiger partial charge in [-0.3, -0.25) is 0 Å². The van der Waals surface area contributed by atoms with Crippen LogP contribution in [0.2, 0.25) is 5.02 Å². The third kappa shape index (κ3) is 3.05. The fourth-order valence-electron chi connectivity index (χ4n) is 2.59. The summed E-state index contributed by atoms with van der Waals surface area (Å²) in [6.07, 6.45) is 2.02. The minimum Gasteiger partial charge on any atom is -0.320 e. The van der Waals surface area contributed by atoms with E-state index < -0.39 is 0 Å². The number of aryl methyl sites for hydroxylation is 3. The van der Waals surface area contributed by atoms with Crippen LogP contribution >= 0.6 is 11.6 Å². The molecule has 1 unspecified atom stereocenters. The van der Waals surface area contributed by atoms with Crippen molar-refractivity contribution in [2.45, 2.75) is 39.7 Å².